The van der Waals surface area contributed by atoms with Crippen LogP contribution >= 0.6 is 0 Å². The van der Waals surface area contributed by atoms with E-state index in [4.69, 9.17) is 0 Å². The van der Waals surface area contributed by atoms with Crippen molar-refractivity contribution in [2.24, 2.45) is 15.1 Å². The van der Waals surface area contributed by atoms with Gasteiger partial charge in [0, 0.05) is 11.8 Å². The minimum Gasteiger partial charge on any atom is -0.284 e. The van der Waals surface area contributed by atoms with Crippen LogP contribution in [0, 0.1) is 0 Å². The SMILES string of the molecule is ON1C=CC=C(C(F)(F)F)C1=C1C=NN2C(=C1)N=CC2=Nc1ccc(C(F)(F)F)cc1. The second-order valence-electron chi connectivity index (χ2n) is 6.40. The molecule has 3 aliphatic rings. The quantitative estimate of drug-likeness (QED) is 0.632. The molecule has 0 radical (unpaired) electrons. The Morgan fingerprint density at radius 1 is 0.935 bits per heavy atom. The third kappa shape index (κ3) is 4.01. The summed E-state index contributed by atoms with van der Waals surface area (Å²) in [7, 11) is 0. The van der Waals surface area contributed by atoms with Crippen LogP contribution < -0.4 is 0 Å². The Labute approximate surface area is 170 Å². The number of benzene rings is 1. The van der Waals surface area contributed by atoms with Crippen LogP contribution in [0.5, 0.6) is 0 Å². The second kappa shape index (κ2) is 7.23. The molecule has 4 rings (SSSR count). The number of alkyl halides is 6. The van der Waals surface area contributed by atoms with Crippen LogP contribution in [-0.2, 0) is 6.18 Å². The zero-order valence-electron chi connectivity index (χ0n) is 15.2. The molecule has 0 amide bonds. The molecule has 3 aliphatic heterocycles. The molecule has 1 aromatic rings. The maximum Gasteiger partial charge on any atom is 0.418 e. The monoisotopic (exact) mass is 439 g/mol. The van der Waals surface area contributed by atoms with Gasteiger partial charge in [-0.05, 0) is 42.5 Å². The molecule has 0 bridgehead atoms. The van der Waals surface area contributed by atoms with Crippen molar-refractivity contribution in [1.29, 1.82) is 0 Å². The topological polar surface area (TPSA) is 63.8 Å². The number of rotatable bonds is 1. The van der Waals surface area contributed by atoms with Gasteiger partial charge >= 0.3 is 12.4 Å². The number of allylic oxidation sites excluding steroid dienone is 5. The predicted octanol–water partition coefficient (Wildman–Crippen LogP) is 4.92. The fraction of sp³-hybridized carbons (Fsp3) is 0.105. The molecule has 0 spiro atoms. The number of halogens is 6. The molecule has 6 nitrogen and oxygen atoms in total. The van der Waals surface area contributed by atoms with Gasteiger partial charge in [-0.2, -0.15) is 36.5 Å². The van der Waals surface area contributed by atoms with Gasteiger partial charge in [0.25, 0.3) is 0 Å². The van der Waals surface area contributed by atoms with E-state index >= 15 is 0 Å². The van der Waals surface area contributed by atoms with E-state index in [2.05, 4.69) is 15.1 Å². The number of aliphatic imine (C=N–C) groups is 2. The summed E-state index contributed by atoms with van der Waals surface area (Å²) in [5.41, 5.74) is -2.25. The fourth-order valence-electron chi connectivity index (χ4n) is 2.94. The molecule has 12 heteroatoms. The molecule has 0 saturated heterocycles. The van der Waals surface area contributed by atoms with E-state index in [9.17, 15) is 31.5 Å². The Morgan fingerprint density at radius 2 is 1.65 bits per heavy atom. The summed E-state index contributed by atoms with van der Waals surface area (Å²) in [6.07, 6.45) is -2.63. The van der Waals surface area contributed by atoms with Crippen LogP contribution in [0.25, 0.3) is 0 Å². The van der Waals surface area contributed by atoms with Crippen molar-refractivity contribution in [2.75, 3.05) is 0 Å². The molecule has 3 heterocycles. The van der Waals surface area contributed by atoms with Crippen molar-refractivity contribution < 1.29 is 31.5 Å². The zero-order valence-corrected chi connectivity index (χ0v) is 15.2. The van der Waals surface area contributed by atoms with Crippen molar-refractivity contribution in [1.82, 2.24) is 10.1 Å². The number of hydrazone groups is 1. The molecule has 0 fully saturated rings. The average molecular weight is 439 g/mol. The van der Waals surface area contributed by atoms with E-state index in [0.29, 0.717) is 5.06 Å². The van der Waals surface area contributed by atoms with E-state index in [0.717, 1.165) is 36.7 Å². The lowest BCUT2D eigenvalue weighted by atomic mass is 10.0. The van der Waals surface area contributed by atoms with E-state index in [-0.39, 0.29) is 22.9 Å². The predicted molar refractivity (Wildman–Crippen MR) is 99.4 cm³/mol. The van der Waals surface area contributed by atoms with Crippen molar-refractivity contribution in [3.8, 4) is 0 Å². The maximum absolute atomic E-state index is 13.3. The lowest BCUT2D eigenvalue weighted by molar-refractivity contribution is -0.137. The van der Waals surface area contributed by atoms with Gasteiger partial charge in [-0.1, -0.05) is 0 Å². The fourth-order valence-corrected chi connectivity index (χ4v) is 2.94. The Bertz CT molecular complexity index is 1120. The van der Waals surface area contributed by atoms with Crippen molar-refractivity contribution in [2.45, 2.75) is 12.4 Å². The number of hydrogen-bond donors (Lipinski definition) is 1. The first-order valence-electron chi connectivity index (χ1n) is 8.58. The number of hydrogen-bond acceptors (Lipinski definition) is 5. The summed E-state index contributed by atoms with van der Waals surface area (Å²) in [6.45, 7) is 0. The first kappa shape index (κ1) is 20.6. The Kier molecular flexibility index (Phi) is 4.81. The summed E-state index contributed by atoms with van der Waals surface area (Å²) in [4.78, 5) is 8.20. The maximum atomic E-state index is 13.3. The molecular formula is C19H11F6N5O. The standard InChI is InChI=1S/C19H11F6N5O/c20-18(21,22)12-3-5-13(6-4-12)28-16-10-26-15-8-11(9-27-30(15)16)17-14(19(23,24)25)2-1-7-29(17)31/h1-10,31H. The molecule has 31 heavy (non-hydrogen) atoms. The minimum atomic E-state index is -4.72. The Balaban J connectivity index is 1.64. The van der Waals surface area contributed by atoms with E-state index in [1.165, 1.54) is 29.4 Å². The largest absolute Gasteiger partial charge is 0.418 e. The molecule has 1 N–H and O–H groups in total. The summed E-state index contributed by atoms with van der Waals surface area (Å²) >= 11 is 0. The minimum absolute atomic E-state index is 0.0467. The number of nitrogens with zero attached hydrogens (tertiary/aromatic N) is 5. The average Bonchev–Trinajstić information content (AvgIpc) is 3.09. The van der Waals surface area contributed by atoms with Crippen molar-refractivity contribution >= 4 is 24.0 Å². The molecule has 0 atom stereocenters. The molecule has 0 saturated carbocycles. The summed E-state index contributed by atoms with van der Waals surface area (Å²) in [5.74, 6) is 0.280. The van der Waals surface area contributed by atoms with Gasteiger partial charge in [0.2, 0.25) is 0 Å². The lowest BCUT2D eigenvalue weighted by Gasteiger charge is -2.26. The molecule has 0 aromatic heterocycles. The Hall–Kier alpha value is -3.67. The number of hydroxylamine groups is 2. The molecule has 160 valence electrons. The van der Waals surface area contributed by atoms with Gasteiger partial charge < -0.3 is 0 Å². The molecular weight excluding hydrogens is 428 g/mol. The first-order chi connectivity index (χ1) is 14.5. The van der Waals surface area contributed by atoms with Crippen molar-refractivity contribution in [3.05, 3.63) is 76.9 Å². The highest BCUT2D eigenvalue weighted by Gasteiger charge is 2.40. The highest BCUT2D eigenvalue weighted by molar-refractivity contribution is 6.32. The molecule has 1 aromatic carbocycles. The van der Waals surface area contributed by atoms with E-state index in [1.807, 2.05) is 0 Å². The van der Waals surface area contributed by atoms with Gasteiger partial charge in [-0.15, -0.1) is 0 Å². The summed E-state index contributed by atoms with van der Waals surface area (Å²) in [6, 6.07) is 4.10. The van der Waals surface area contributed by atoms with Gasteiger partial charge in [-0.3, -0.25) is 5.21 Å². The van der Waals surface area contributed by atoms with Gasteiger partial charge in [0.1, 0.15) is 0 Å². The highest BCUT2D eigenvalue weighted by Crippen LogP contribution is 2.37. The third-order valence-corrected chi connectivity index (χ3v) is 4.33. The molecule has 0 aliphatic carbocycles. The van der Waals surface area contributed by atoms with Crippen molar-refractivity contribution in [3.63, 3.8) is 0 Å². The van der Waals surface area contributed by atoms with Crippen LogP contribution in [0.1, 0.15) is 5.56 Å². The Morgan fingerprint density at radius 3 is 2.29 bits per heavy atom. The van der Waals surface area contributed by atoms with Gasteiger partial charge in [-0.25, -0.2) is 15.0 Å². The molecule has 0 unspecified atom stereocenters. The van der Waals surface area contributed by atoms with Crippen LogP contribution in [0.15, 0.2) is 86.4 Å². The van der Waals surface area contributed by atoms with Crippen LogP contribution in [0.3, 0.4) is 0 Å². The smallest absolute Gasteiger partial charge is 0.284 e. The highest BCUT2D eigenvalue weighted by atomic mass is 19.4. The zero-order chi connectivity index (χ0) is 22.4. The van der Waals surface area contributed by atoms with E-state index in [1.54, 1.807) is 0 Å². The van der Waals surface area contributed by atoms with Crippen LogP contribution in [0.4, 0.5) is 32.0 Å². The number of fused-ring (bicyclic) bond motifs is 1. The first-order valence-corrected chi connectivity index (χ1v) is 8.58. The van der Waals surface area contributed by atoms with Crippen LogP contribution in [-0.4, -0.2) is 39.7 Å². The summed E-state index contributed by atoms with van der Waals surface area (Å²) in [5, 5.41) is 15.5. The van der Waals surface area contributed by atoms with Gasteiger partial charge in [0.15, 0.2) is 11.7 Å². The third-order valence-electron chi connectivity index (χ3n) is 4.33. The summed E-state index contributed by atoms with van der Waals surface area (Å²) < 4.78 is 78.0. The van der Waals surface area contributed by atoms with E-state index < -0.39 is 29.2 Å². The lowest BCUT2D eigenvalue weighted by Crippen LogP contribution is -2.28. The van der Waals surface area contributed by atoms with Crippen LogP contribution in [0.2, 0.25) is 0 Å². The second-order valence-corrected chi connectivity index (χ2v) is 6.40. The van der Waals surface area contributed by atoms with Gasteiger partial charge in [0.05, 0.1) is 35.0 Å². The number of amidine groups is 1. The normalized spacial score (nSPS) is 22.2.